The van der Waals surface area contributed by atoms with Crippen LogP contribution in [0.2, 0.25) is 0 Å². The fourth-order valence-corrected chi connectivity index (χ4v) is 5.42. The summed E-state index contributed by atoms with van der Waals surface area (Å²) in [7, 11) is 1.35. The van der Waals surface area contributed by atoms with Crippen LogP contribution in [-0.4, -0.2) is 36.2 Å². The Hall–Kier alpha value is -1.84. The highest BCUT2D eigenvalue weighted by Crippen LogP contribution is 2.39. The van der Waals surface area contributed by atoms with E-state index in [0.717, 1.165) is 30.6 Å². The molecule has 2 fully saturated rings. The summed E-state index contributed by atoms with van der Waals surface area (Å²) in [5.74, 6) is 6.50. The molecule has 6 heteroatoms. The van der Waals surface area contributed by atoms with E-state index in [4.69, 9.17) is 6.11 Å². The number of hydrogen-bond acceptors (Lipinski definition) is 5. The van der Waals surface area contributed by atoms with Crippen LogP contribution in [0, 0.1) is 29.1 Å². The lowest BCUT2D eigenvalue weighted by molar-refractivity contribution is -0.124. The summed E-state index contributed by atoms with van der Waals surface area (Å²) in [4.78, 5) is 29.5. The number of esters is 1. The fourth-order valence-electron chi connectivity index (χ4n) is 4.50. The van der Waals surface area contributed by atoms with Crippen molar-refractivity contribution < 1.29 is 20.8 Å². The van der Waals surface area contributed by atoms with Crippen LogP contribution in [0.4, 0.5) is 5.69 Å². The first-order chi connectivity index (χ1) is 15.4. The van der Waals surface area contributed by atoms with Gasteiger partial charge in [0.2, 0.25) is 5.91 Å². The van der Waals surface area contributed by atoms with Crippen molar-refractivity contribution in [3.8, 4) is 11.8 Å². The number of nitrogens with zero attached hydrogens (tertiary/aromatic N) is 1. The Morgan fingerprint density at radius 1 is 1.16 bits per heavy atom. The van der Waals surface area contributed by atoms with Crippen molar-refractivity contribution in [3.05, 3.63) is 15.8 Å². The molecule has 0 bridgehead atoms. The lowest BCUT2D eigenvalue weighted by Gasteiger charge is -2.38. The van der Waals surface area contributed by atoms with E-state index in [1.807, 2.05) is 26.8 Å². The van der Waals surface area contributed by atoms with Gasteiger partial charge in [0.1, 0.15) is 4.88 Å². The normalized spacial score (nSPS) is 28.8. The molecule has 32 heavy (non-hydrogen) atoms. The average Bonchev–Trinajstić information content (AvgIpc) is 3.17. The van der Waals surface area contributed by atoms with Crippen LogP contribution in [-0.2, 0) is 9.53 Å². The zero-order valence-electron chi connectivity index (χ0n) is 21.0. The Kier molecular flexibility index (Phi) is 7.58. The summed E-state index contributed by atoms with van der Waals surface area (Å²) in [5.41, 5.74) is 0.375. The van der Waals surface area contributed by atoms with Gasteiger partial charge in [-0.05, 0) is 84.1 Å². The Labute approximate surface area is 197 Å². The van der Waals surface area contributed by atoms with Gasteiger partial charge >= 0.3 is 5.97 Å². The first kappa shape index (κ1) is 23.3. The van der Waals surface area contributed by atoms with Crippen molar-refractivity contribution in [1.29, 1.82) is 0 Å². The van der Waals surface area contributed by atoms with E-state index < -0.39 is 12.0 Å². The monoisotopic (exact) mass is 460 g/mol. The van der Waals surface area contributed by atoms with Crippen molar-refractivity contribution in [3.63, 3.8) is 0 Å². The smallest absolute Gasteiger partial charge is 0.350 e. The van der Waals surface area contributed by atoms with E-state index in [2.05, 4.69) is 18.8 Å². The minimum Gasteiger partial charge on any atom is -0.465 e. The molecule has 2 aliphatic rings. The number of carbonyl (C=O) groups is 2. The second-order valence-corrected chi connectivity index (χ2v) is 11.3. The van der Waals surface area contributed by atoms with Crippen LogP contribution in [0.5, 0.6) is 0 Å². The second-order valence-electron chi connectivity index (χ2n) is 10.3. The van der Waals surface area contributed by atoms with Crippen LogP contribution in [0.3, 0.4) is 0 Å². The number of thiophene rings is 1. The predicted molar refractivity (Wildman–Crippen MR) is 129 cm³/mol. The SMILES string of the molecule is [2H][C@]1(O)CC[C@@H](N(c2cc(C#CC(C)(C)C)sc2C(=O)OC)C(=O)[C@H]2CC[C@H](C)CC2)CC1. The molecule has 1 aromatic heterocycles. The highest BCUT2D eigenvalue weighted by molar-refractivity contribution is 7.15. The van der Waals surface area contributed by atoms with E-state index in [1.54, 1.807) is 4.90 Å². The van der Waals surface area contributed by atoms with Gasteiger partial charge < -0.3 is 14.7 Å². The minimum atomic E-state index is -1.45. The number of amides is 1. The Morgan fingerprint density at radius 3 is 2.34 bits per heavy atom. The molecule has 0 saturated heterocycles. The molecule has 5 nitrogen and oxygen atoms in total. The fraction of sp³-hybridized carbons (Fsp3) is 0.692. The molecule has 2 aliphatic carbocycles. The van der Waals surface area contributed by atoms with Crippen LogP contribution in [0.25, 0.3) is 0 Å². The quantitative estimate of drug-likeness (QED) is 0.483. The summed E-state index contributed by atoms with van der Waals surface area (Å²) >= 11 is 1.26. The van der Waals surface area contributed by atoms with Crippen LogP contribution in [0.1, 0.15) is 95.0 Å². The number of rotatable bonds is 4. The van der Waals surface area contributed by atoms with Crippen molar-refractivity contribution in [1.82, 2.24) is 0 Å². The molecule has 3 rings (SSSR count). The average molecular weight is 461 g/mol. The van der Waals surface area contributed by atoms with E-state index in [9.17, 15) is 14.7 Å². The highest BCUT2D eigenvalue weighted by atomic mass is 32.1. The minimum absolute atomic E-state index is 0.0422. The van der Waals surface area contributed by atoms with Crippen molar-refractivity contribution in [2.45, 2.75) is 91.2 Å². The van der Waals surface area contributed by atoms with Crippen molar-refractivity contribution >= 4 is 28.9 Å². The topological polar surface area (TPSA) is 66.8 Å². The molecule has 0 atom stereocenters. The molecule has 2 saturated carbocycles. The van der Waals surface area contributed by atoms with Crippen LogP contribution in [0.15, 0.2) is 6.07 Å². The summed E-state index contributed by atoms with van der Waals surface area (Å²) < 4.78 is 13.1. The standard InChI is InChI=1S/C26H37NO4S/c1-17-6-8-18(9-7-17)24(29)27(19-10-12-20(28)13-11-19)22-16-21(14-15-26(2,3)4)32-23(22)25(30)31-5/h16-20,28H,6-13H2,1-5H3/t17-,18-,19-,20+/i20D. The number of aliphatic hydroxyl groups is 1. The van der Waals surface area contributed by atoms with Gasteiger partial charge in [-0.15, -0.1) is 11.3 Å². The third-order valence-corrected chi connectivity index (χ3v) is 7.42. The Bertz CT molecular complexity index is 918. The largest absolute Gasteiger partial charge is 0.465 e. The number of ether oxygens (including phenoxy) is 1. The molecule has 0 radical (unpaired) electrons. The lowest BCUT2D eigenvalue weighted by atomic mass is 9.81. The van der Waals surface area contributed by atoms with Gasteiger partial charge in [-0.3, -0.25) is 4.79 Å². The molecule has 1 heterocycles. The van der Waals surface area contributed by atoms with Crippen molar-refractivity contribution in [2.24, 2.45) is 17.3 Å². The van der Waals surface area contributed by atoms with E-state index in [0.29, 0.717) is 42.2 Å². The first-order valence-corrected chi connectivity index (χ1v) is 12.5. The molecule has 1 aromatic rings. The Balaban J connectivity index is 2.03. The number of carbonyl (C=O) groups excluding carboxylic acids is 2. The van der Waals surface area contributed by atoms with Gasteiger partial charge in [0.15, 0.2) is 0 Å². The maximum absolute atomic E-state index is 13.9. The number of anilines is 1. The molecule has 0 aromatic carbocycles. The Morgan fingerprint density at radius 2 is 1.78 bits per heavy atom. The predicted octanol–water partition coefficient (Wildman–Crippen LogP) is 5.40. The summed E-state index contributed by atoms with van der Waals surface area (Å²) in [6.45, 7) is 8.31. The molecule has 0 aliphatic heterocycles. The first-order valence-electron chi connectivity index (χ1n) is 12.2. The highest BCUT2D eigenvalue weighted by Gasteiger charge is 2.37. The maximum atomic E-state index is 13.9. The van der Waals surface area contributed by atoms with E-state index in [1.165, 1.54) is 18.4 Å². The van der Waals surface area contributed by atoms with E-state index >= 15 is 0 Å². The summed E-state index contributed by atoms with van der Waals surface area (Å²) in [6.07, 6.45) is 3.95. The number of methoxy groups -OCH3 is 1. The third-order valence-electron chi connectivity index (χ3n) is 6.40. The van der Waals surface area contributed by atoms with Gasteiger partial charge in [-0.2, -0.15) is 0 Å². The van der Waals surface area contributed by atoms with Crippen LogP contribution >= 0.6 is 11.3 Å². The van der Waals surface area contributed by atoms with Gasteiger partial charge in [0.05, 0.1) is 25.1 Å². The van der Waals surface area contributed by atoms with E-state index in [-0.39, 0.29) is 23.3 Å². The third kappa shape index (κ3) is 6.14. The molecule has 0 spiro atoms. The zero-order valence-corrected chi connectivity index (χ0v) is 20.8. The molecular formula is C26H37NO4S. The second kappa shape index (κ2) is 10.4. The van der Waals surface area contributed by atoms with Gasteiger partial charge in [0, 0.05) is 17.4 Å². The molecular weight excluding hydrogens is 422 g/mol. The van der Waals surface area contributed by atoms with Crippen molar-refractivity contribution in [2.75, 3.05) is 12.0 Å². The van der Waals surface area contributed by atoms with Gasteiger partial charge in [0.25, 0.3) is 0 Å². The summed E-state index contributed by atoms with van der Waals surface area (Å²) in [5, 5.41) is 10.2. The summed E-state index contributed by atoms with van der Waals surface area (Å²) in [6, 6.07) is 1.68. The maximum Gasteiger partial charge on any atom is 0.350 e. The number of hydrogen-bond donors (Lipinski definition) is 1. The molecule has 1 N–H and O–H groups in total. The molecule has 176 valence electrons. The van der Waals surface area contributed by atoms with Gasteiger partial charge in [-0.1, -0.05) is 18.8 Å². The molecule has 0 unspecified atom stereocenters. The zero-order chi connectivity index (χ0) is 24.4. The molecule has 1 amide bonds. The lowest BCUT2D eigenvalue weighted by Crippen LogP contribution is -2.47. The van der Waals surface area contributed by atoms with Gasteiger partial charge in [-0.25, -0.2) is 4.79 Å². The van der Waals surface area contributed by atoms with Crippen LogP contribution < -0.4 is 4.90 Å².